The Kier molecular flexibility index (Phi) is 3.24. The molecule has 1 aliphatic heterocycles. The van der Waals surface area contributed by atoms with Gasteiger partial charge in [0.25, 0.3) is 5.91 Å². The third-order valence-corrected chi connectivity index (χ3v) is 2.82. The number of nitrogens with one attached hydrogen (secondary N) is 1. The van der Waals surface area contributed by atoms with E-state index in [2.05, 4.69) is 10.4 Å². The Hall–Kier alpha value is -1.36. The highest BCUT2D eigenvalue weighted by Gasteiger charge is 2.21. The van der Waals surface area contributed by atoms with Gasteiger partial charge < -0.3 is 10.2 Å². The lowest BCUT2D eigenvalue weighted by Gasteiger charge is -2.27. The number of rotatable bonds is 2. The molecule has 0 bridgehead atoms. The van der Waals surface area contributed by atoms with Crippen LogP contribution in [0.4, 0.5) is 0 Å². The second kappa shape index (κ2) is 4.65. The maximum atomic E-state index is 12.2. The monoisotopic (exact) mass is 222 g/mol. The summed E-state index contributed by atoms with van der Waals surface area (Å²) in [6.45, 7) is 7.98. The summed E-state index contributed by atoms with van der Waals surface area (Å²) < 4.78 is 1.78. The molecule has 88 valence electrons. The van der Waals surface area contributed by atoms with E-state index in [0.717, 1.165) is 38.4 Å². The molecule has 5 heteroatoms. The Morgan fingerprint density at radius 1 is 1.50 bits per heavy atom. The fraction of sp³-hybridized carbons (Fsp3) is 0.636. The van der Waals surface area contributed by atoms with Crippen LogP contribution in [0.3, 0.4) is 0 Å². The predicted octanol–water partition coefficient (Wildman–Crippen LogP) is 0.257. The summed E-state index contributed by atoms with van der Waals surface area (Å²) in [5.41, 5.74) is 1.61. The summed E-state index contributed by atoms with van der Waals surface area (Å²) in [7, 11) is 0. The summed E-state index contributed by atoms with van der Waals surface area (Å²) in [5, 5.41) is 7.54. The molecule has 1 saturated heterocycles. The average Bonchev–Trinajstić information content (AvgIpc) is 2.70. The number of piperazine rings is 1. The summed E-state index contributed by atoms with van der Waals surface area (Å²) in [6.07, 6.45) is 0. The van der Waals surface area contributed by atoms with Crippen molar-refractivity contribution in [3.63, 3.8) is 0 Å². The molecule has 1 aliphatic rings. The second-order valence-corrected chi connectivity index (χ2v) is 4.03. The fourth-order valence-electron chi connectivity index (χ4n) is 1.99. The molecule has 0 spiro atoms. The molecule has 0 aliphatic carbocycles. The van der Waals surface area contributed by atoms with Gasteiger partial charge in [-0.2, -0.15) is 5.10 Å². The summed E-state index contributed by atoms with van der Waals surface area (Å²) in [4.78, 5) is 14.1. The summed E-state index contributed by atoms with van der Waals surface area (Å²) in [5.74, 6) is 0.101. The van der Waals surface area contributed by atoms with Gasteiger partial charge in [0, 0.05) is 32.7 Å². The van der Waals surface area contributed by atoms with Crippen LogP contribution in [0.25, 0.3) is 0 Å². The maximum Gasteiger partial charge on any atom is 0.272 e. The van der Waals surface area contributed by atoms with Gasteiger partial charge in [-0.1, -0.05) is 0 Å². The Balaban J connectivity index is 2.18. The standard InChI is InChI=1S/C11H18N4O/c1-3-15-10(8-9(2)13-15)11(16)14-6-4-12-5-7-14/h8,12H,3-7H2,1-2H3. The van der Waals surface area contributed by atoms with Crippen molar-refractivity contribution in [2.75, 3.05) is 26.2 Å². The molecule has 0 unspecified atom stereocenters. The van der Waals surface area contributed by atoms with Crippen LogP contribution in [-0.4, -0.2) is 46.8 Å². The van der Waals surface area contributed by atoms with Crippen molar-refractivity contribution in [3.8, 4) is 0 Å². The van der Waals surface area contributed by atoms with E-state index in [0.29, 0.717) is 5.69 Å². The first kappa shape index (κ1) is 11.1. The highest BCUT2D eigenvalue weighted by molar-refractivity contribution is 5.92. The normalized spacial score (nSPS) is 16.5. The van der Waals surface area contributed by atoms with Crippen molar-refractivity contribution in [2.24, 2.45) is 0 Å². The van der Waals surface area contributed by atoms with Gasteiger partial charge in [-0.05, 0) is 19.9 Å². The zero-order chi connectivity index (χ0) is 11.5. The fourth-order valence-corrected chi connectivity index (χ4v) is 1.99. The van der Waals surface area contributed by atoms with Crippen LogP contribution >= 0.6 is 0 Å². The second-order valence-electron chi connectivity index (χ2n) is 4.03. The van der Waals surface area contributed by atoms with Crippen LogP contribution < -0.4 is 5.32 Å². The minimum Gasteiger partial charge on any atom is -0.335 e. The number of aryl methyl sites for hydroxylation is 2. The summed E-state index contributed by atoms with van der Waals surface area (Å²) >= 11 is 0. The molecule has 1 N–H and O–H groups in total. The third-order valence-electron chi connectivity index (χ3n) is 2.82. The van der Waals surface area contributed by atoms with Crippen molar-refractivity contribution in [3.05, 3.63) is 17.5 Å². The average molecular weight is 222 g/mol. The lowest BCUT2D eigenvalue weighted by Crippen LogP contribution is -2.46. The molecule has 0 atom stereocenters. The molecular formula is C11H18N4O. The number of aromatic nitrogens is 2. The molecule has 1 fully saturated rings. The highest BCUT2D eigenvalue weighted by atomic mass is 16.2. The molecule has 1 amide bonds. The van der Waals surface area contributed by atoms with Gasteiger partial charge in [0.05, 0.1) is 5.69 Å². The van der Waals surface area contributed by atoms with Gasteiger partial charge in [-0.15, -0.1) is 0 Å². The number of hydrogen-bond donors (Lipinski definition) is 1. The lowest BCUT2D eigenvalue weighted by molar-refractivity contribution is 0.0723. The van der Waals surface area contributed by atoms with Crippen molar-refractivity contribution in [2.45, 2.75) is 20.4 Å². The van der Waals surface area contributed by atoms with Gasteiger partial charge in [0.2, 0.25) is 0 Å². The van der Waals surface area contributed by atoms with Crippen LogP contribution in [-0.2, 0) is 6.54 Å². The van der Waals surface area contributed by atoms with E-state index in [1.165, 1.54) is 0 Å². The van der Waals surface area contributed by atoms with Crippen molar-refractivity contribution in [1.82, 2.24) is 20.0 Å². The van der Waals surface area contributed by atoms with Crippen LogP contribution in [0.2, 0.25) is 0 Å². The van der Waals surface area contributed by atoms with E-state index in [9.17, 15) is 4.79 Å². The zero-order valence-corrected chi connectivity index (χ0v) is 9.86. The minimum absolute atomic E-state index is 0.101. The molecule has 2 rings (SSSR count). The van der Waals surface area contributed by atoms with E-state index < -0.39 is 0 Å². The first-order chi connectivity index (χ1) is 7.72. The highest BCUT2D eigenvalue weighted by Crippen LogP contribution is 2.08. The third kappa shape index (κ3) is 2.09. The predicted molar refractivity (Wildman–Crippen MR) is 61.4 cm³/mol. The van der Waals surface area contributed by atoms with Crippen LogP contribution in [0.1, 0.15) is 23.1 Å². The van der Waals surface area contributed by atoms with Crippen molar-refractivity contribution < 1.29 is 4.79 Å². The molecule has 16 heavy (non-hydrogen) atoms. The van der Waals surface area contributed by atoms with E-state index >= 15 is 0 Å². The van der Waals surface area contributed by atoms with Gasteiger partial charge in [0.1, 0.15) is 5.69 Å². The zero-order valence-electron chi connectivity index (χ0n) is 9.86. The maximum absolute atomic E-state index is 12.2. The van der Waals surface area contributed by atoms with E-state index in [1.54, 1.807) is 4.68 Å². The molecule has 0 saturated carbocycles. The molecule has 1 aromatic rings. The van der Waals surface area contributed by atoms with Gasteiger partial charge in [-0.3, -0.25) is 9.48 Å². The van der Waals surface area contributed by atoms with Gasteiger partial charge in [0.15, 0.2) is 0 Å². The number of nitrogens with zero attached hydrogens (tertiary/aromatic N) is 3. The molecule has 5 nitrogen and oxygen atoms in total. The van der Waals surface area contributed by atoms with E-state index in [4.69, 9.17) is 0 Å². The molecule has 0 aromatic carbocycles. The van der Waals surface area contributed by atoms with Crippen molar-refractivity contribution >= 4 is 5.91 Å². The minimum atomic E-state index is 0.101. The van der Waals surface area contributed by atoms with Crippen LogP contribution in [0.15, 0.2) is 6.07 Å². The first-order valence-corrected chi connectivity index (χ1v) is 5.77. The molecular weight excluding hydrogens is 204 g/mol. The van der Waals surface area contributed by atoms with Gasteiger partial charge in [-0.25, -0.2) is 0 Å². The largest absolute Gasteiger partial charge is 0.335 e. The Morgan fingerprint density at radius 2 is 2.19 bits per heavy atom. The Morgan fingerprint density at radius 3 is 2.81 bits per heavy atom. The van der Waals surface area contributed by atoms with Gasteiger partial charge >= 0.3 is 0 Å². The molecule has 2 heterocycles. The first-order valence-electron chi connectivity index (χ1n) is 5.77. The number of amides is 1. The van der Waals surface area contributed by atoms with Crippen molar-refractivity contribution in [1.29, 1.82) is 0 Å². The number of carbonyl (C=O) groups is 1. The molecule has 0 radical (unpaired) electrons. The SMILES string of the molecule is CCn1nc(C)cc1C(=O)N1CCNCC1. The van der Waals surface area contributed by atoms with Crippen LogP contribution in [0.5, 0.6) is 0 Å². The topological polar surface area (TPSA) is 50.2 Å². The van der Waals surface area contributed by atoms with E-state index in [1.807, 2.05) is 24.8 Å². The summed E-state index contributed by atoms with van der Waals surface area (Å²) in [6, 6.07) is 1.87. The number of hydrogen-bond acceptors (Lipinski definition) is 3. The smallest absolute Gasteiger partial charge is 0.272 e. The van der Waals surface area contributed by atoms with E-state index in [-0.39, 0.29) is 5.91 Å². The Labute approximate surface area is 95.4 Å². The Bertz CT molecular complexity index is 379. The van der Waals surface area contributed by atoms with Crippen LogP contribution in [0, 0.1) is 6.92 Å². The quantitative estimate of drug-likeness (QED) is 0.780. The molecule has 1 aromatic heterocycles. The number of carbonyl (C=O) groups excluding carboxylic acids is 1. The lowest BCUT2D eigenvalue weighted by atomic mass is 10.3.